The number of piperidine rings is 1. The molecule has 7 nitrogen and oxygen atoms in total. The summed E-state index contributed by atoms with van der Waals surface area (Å²) < 4.78 is 23.8. The Morgan fingerprint density at radius 1 is 1.17 bits per heavy atom. The van der Waals surface area contributed by atoms with Crippen LogP contribution in [0.25, 0.3) is 0 Å². The second kappa shape index (κ2) is 6.49. The number of hydrogen-bond acceptors (Lipinski definition) is 7. The Hall–Kier alpha value is -2.22. The Morgan fingerprint density at radius 3 is 2.57 bits per heavy atom. The number of sulfone groups is 1. The quantitative estimate of drug-likeness (QED) is 0.903. The molecule has 1 aliphatic heterocycles. The lowest BCUT2D eigenvalue weighted by Crippen LogP contribution is -2.40. The van der Waals surface area contributed by atoms with Gasteiger partial charge >= 0.3 is 0 Å². The molecule has 0 unspecified atom stereocenters. The lowest BCUT2D eigenvalue weighted by atomic mass is 10.1. The third-order valence-electron chi connectivity index (χ3n) is 3.87. The molecule has 0 amide bonds. The van der Waals surface area contributed by atoms with Crippen molar-refractivity contribution in [1.29, 1.82) is 0 Å². The first-order valence-corrected chi connectivity index (χ1v) is 9.37. The minimum atomic E-state index is -3.28. The first-order chi connectivity index (χ1) is 11.0. The van der Waals surface area contributed by atoms with E-state index in [9.17, 15) is 8.42 Å². The molecular formula is C15H19N5O2S. The Labute approximate surface area is 135 Å². The normalized spacial score (nSPS) is 16.3. The van der Waals surface area contributed by atoms with Crippen molar-refractivity contribution in [3.8, 4) is 0 Å². The maximum atomic E-state index is 11.9. The van der Waals surface area contributed by atoms with E-state index in [4.69, 9.17) is 0 Å². The van der Waals surface area contributed by atoms with E-state index in [1.807, 2.05) is 17.0 Å². The lowest BCUT2D eigenvalue weighted by molar-refractivity contribution is 0.519. The topological polar surface area (TPSA) is 88.1 Å². The van der Waals surface area contributed by atoms with Crippen LogP contribution in [0, 0.1) is 0 Å². The summed E-state index contributed by atoms with van der Waals surface area (Å²) in [4.78, 5) is 6.61. The van der Waals surface area contributed by atoms with Crippen molar-refractivity contribution in [3.05, 3.63) is 36.7 Å². The Bertz CT molecular complexity index is 758. The van der Waals surface area contributed by atoms with Crippen LogP contribution in [-0.2, 0) is 9.84 Å². The zero-order valence-corrected chi connectivity index (χ0v) is 13.7. The van der Waals surface area contributed by atoms with Gasteiger partial charge in [-0.2, -0.15) is 5.10 Å². The summed E-state index contributed by atoms with van der Waals surface area (Å²) in [6.45, 7) is 1.49. The standard InChI is InChI=1S/C15H19N5O2S/c1-23(21,22)13-4-2-8-16-15(13)20-10-6-12(7-11-20)18-14-5-3-9-17-19-14/h2-5,8-9,12H,6-7,10-11H2,1H3,(H,18,19). The van der Waals surface area contributed by atoms with E-state index in [1.165, 1.54) is 6.26 Å². The molecule has 3 heterocycles. The number of nitrogens with one attached hydrogen (secondary N) is 1. The molecule has 0 spiro atoms. The number of rotatable bonds is 4. The highest BCUT2D eigenvalue weighted by Crippen LogP contribution is 2.26. The zero-order chi connectivity index (χ0) is 16.3. The van der Waals surface area contributed by atoms with Gasteiger partial charge in [0.25, 0.3) is 0 Å². The van der Waals surface area contributed by atoms with Gasteiger partial charge in [-0.05, 0) is 37.1 Å². The average Bonchev–Trinajstić information content (AvgIpc) is 2.56. The molecule has 23 heavy (non-hydrogen) atoms. The van der Waals surface area contributed by atoms with Crippen LogP contribution in [-0.4, -0.2) is 49.0 Å². The molecule has 0 saturated carbocycles. The maximum Gasteiger partial charge on any atom is 0.179 e. The number of anilines is 2. The first kappa shape index (κ1) is 15.7. The molecule has 0 radical (unpaired) electrons. The highest BCUT2D eigenvalue weighted by molar-refractivity contribution is 7.90. The van der Waals surface area contributed by atoms with Gasteiger partial charge in [0.15, 0.2) is 9.84 Å². The highest BCUT2D eigenvalue weighted by atomic mass is 32.2. The maximum absolute atomic E-state index is 11.9. The summed E-state index contributed by atoms with van der Waals surface area (Å²) in [5, 5.41) is 11.2. The van der Waals surface area contributed by atoms with Crippen molar-refractivity contribution < 1.29 is 8.42 Å². The van der Waals surface area contributed by atoms with E-state index in [0.29, 0.717) is 16.8 Å². The molecule has 1 N–H and O–H groups in total. The van der Waals surface area contributed by atoms with Gasteiger partial charge in [0.05, 0.1) is 0 Å². The molecule has 0 bridgehead atoms. The minimum absolute atomic E-state index is 0.292. The third-order valence-corrected chi connectivity index (χ3v) is 4.99. The van der Waals surface area contributed by atoms with E-state index in [1.54, 1.807) is 24.5 Å². The molecule has 1 fully saturated rings. The van der Waals surface area contributed by atoms with Crippen molar-refractivity contribution in [2.75, 3.05) is 29.6 Å². The largest absolute Gasteiger partial charge is 0.366 e. The van der Waals surface area contributed by atoms with Gasteiger partial charge in [0.1, 0.15) is 16.5 Å². The summed E-state index contributed by atoms with van der Waals surface area (Å²) in [5.41, 5.74) is 0. The van der Waals surface area contributed by atoms with Gasteiger partial charge in [-0.1, -0.05) is 0 Å². The van der Waals surface area contributed by atoms with Gasteiger partial charge in [0.2, 0.25) is 0 Å². The van der Waals surface area contributed by atoms with Crippen LogP contribution in [0.15, 0.2) is 41.6 Å². The summed E-state index contributed by atoms with van der Waals surface area (Å²) in [6, 6.07) is 7.30. The number of hydrogen-bond donors (Lipinski definition) is 1. The molecule has 1 aliphatic rings. The van der Waals surface area contributed by atoms with E-state index in [-0.39, 0.29) is 0 Å². The van der Waals surface area contributed by atoms with E-state index < -0.39 is 9.84 Å². The fraction of sp³-hybridized carbons (Fsp3) is 0.400. The van der Waals surface area contributed by atoms with E-state index >= 15 is 0 Å². The number of aromatic nitrogens is 3. The Morgan fingerprint density at radius 2 is 1.91 bits per heavy atom. The van der Waals surface area contributed by atoms with Crippen LogP contribution < -0.4 is 10.2 Å². The summed E-state index contributed by atoms with van der Waals surface area (Å²) in [6.07, 6.45) is 6.26. The second-order valence-corrected chi connectivity index (χ2v) is 7.60. The number of pyridine rings is 1. The van der Waals surface area contributed by atoms with Crippen molar-refractivity contribution in [3.63, 3.8) is 0 Å². The molecule has 122 valence electrons. The van der Waals surface area contributed by atoms with Crippen molar-refractivity contribution in [2.45, 2.75) is 23.8 Å². The molecule has 8 heteroatoms. The summed E-state index contributed by atoms with van der Waals surface area (Å²) in [7, 11) is -3.28. The molecule has 2 aromatic heterocycles. The van der Waals surface area contributed by atoms with Crippen LogP contribution in [0.5, 0.6) is 0 Å². The van der Waals surface area contributed by atoms with Gasteiger partial charge in [0, 0.05) is 37.8 Å². The van der Waals surface area contributed by atoms with Crippen molar-refractivity contribution in [1.82, 2.24) is 15.2 Å². The molecule has 0 aliphatic carbocycles. The average molecular weight is 333 g/mol. The van der Waals surface area contributed by atoms with Crippen LogP contribution in [0.2, 0.25) is 0 Å². The molecule has 2 aromatic rings. The van der Waals surface area contributed by atoms with Crippen LogP contribution in [0.4, 0.5) is 11.6 Å². The van der Waals surface area contributed by atoms with Crippen LogP contribution >= 0.6 is 0 Å². The minimum Gasteiger partial charge on any atom is -0.366 e. The van der Waals surface area contributed by atoms with Crippen molar-refractivity contribution in [2.24, 2.45) is 0 Å². The van der Waals surface area contributed by atoms with Crippen molar-refractivity contribution >= 4 is 21.5 Å². The highest BCUT2D eigenvalue weighted by Gasteiger charge is 2.24. The first-order valence-electron chi connectivity index (χ1n) is 7.48. The molecule has 3 rings (SSSR count). The lowest BCUT2D eigenvalue weighted by Gasteiger charge is -2.34. The Kier molecular flexibility index (Phi) is 4.42. The van der Waals surface area contributed by atoms with Gasteiger partial charge in [-0.15, -0.1) is 5.10 Å². The van der Waals surface area contributed by atoms with E-state index in [2.05, 4.69) is 20.5 Å². The molecule has 0 aromatic carbocycles. The molecule has 1 saturated heterocycles. The smallest absolute Gasteiger partial charge is 0.179 e. The second-order valence-electron chi connectivity index (χ2n) is 5.61. The van der Waals surface area contributed by atoms with Crippen LogP contribution in [0.1, 0.15) is 12.8 Å². The van der Waals surface area contributed by atoms with Gasteiger partial charge < -0.3 is 10.2 Å². The SMILES string of the molecule is CS(=O)(=O)c1cccnc1N1CCC(Nc2cccnn2)CC1. The summed E-state index contributed by atoms with van der Waals surface area (Å²) in [5.74, 6) is 1.31. The monoisotopic (exact) mass is 333 g/mol. The zero-order valence-electron chi connectivity index (χ0n) is 12.9. The van der Waals surface area contributed by atoms with E-state index in [0.717, 1.165) is 31.7 Å². The summed E-state index contributed by atoms with van der Waals surface area (Å²) >= 11 is 0. The molecular weight excluding hydrogens is 314 g/mol. The van der Waals surface area contributed by atoms with Gasteiger partial charge in [-0.3, -0.25) is 0 Å². The number of nitrogens with zero attached hydrogens (tertiary/aromatic N) is 4. The third kappa shape index (κ3) is 3.76. The predicted octanol–water partition coefficient (Wildman–Crippen LogP) is 1.36. The fourth-order valence-electron chi connectivity index (χ4n) is 2.73. The Balaban J connectivity index is 1.68. The predicted molar refractivity (Wildman–Crippen MR) is 88.2 cm³/mol. The van der Waals surface area contributed by atoms with Crippen LogP contribution in [0.3, 0.4) is 0 Å². The molecule has 0 atom stereocenters. The van der Waals surface area contributed by atoms with Gasteiger partial charge in [-0.25, -0.2) is 13.4 Å². The fourth-order valence-corrected chi connectivity index (χ4v) is 3.57.